The monoisotopic (exact) mass is 227 g/mol. The van der Waals surface area contributed by atoms with E-state index in [4.69, 9.17) is 11.6 Å². The van der Waals surface area contributed by atoms with E-state index in [0.717, 1.165) is 18.0 Å². The van der Waals surface area contributed by atoms with Crippen molar-refractivity contribution in [2.24, 2.45) is 0 Å². The van der Waals surface area contributed by atoms with Crippen LogP contribution in [-0.2, 0) is 6.42 Å². The molecular weight excluding hydrogens is 210 g/mol. The van der Waals surface area contributed by atoms with Crippen molar-refractivity contribution in [1.82, 2.24) is 4.98 Å². The Labute approximate surface area is 92.6 Å². The third-order valence-corrected chi connectivity index (χ3v) is 3.54. The maximum absolute atomic E-state index is 5.81. The molecule has 78 valence electrons. The molecule has 0 aromatic heterocycles. The van der Waals surface area contributed by atoms with Crippen LogP contribution in [0.5, 0.6) is 0 Å². The minimum Gasteiger partial charge on any atom is -0.337 e. The fourth-order valence-corrected chi connectivity index (χ4v) is 2.23. The smallest absolute Gasteiger partial charge is 0.116 e. The van der Waals surface area contributed by atoms with Crippen molar-refractivity contribution in [2.45, 2.75) is 26.1 Å². The van der Waals surface area contributed by atoms with Crippen LogP contribution in [0, 0.1) is 0 Å². The van der Waals surface area contributed by atoms with Crippen molar-refractivity contribution in [1.29, 1.82) is 0 Å². The molecule has 0 spiro atoms. The Hall–Kier alpha value is -0.313. The van der Waals surface area contributed by atoms with Crippen LogP contribution < -0.4 is 4.98 Å². The first kappa shape index (κ1) is 11.8. The van der Waals surface area contributed by atoms with Gasteiger partial charge in [0.05, 0.1) is 0 Å². The summed E-state index contributed by atoms with van der Waals surface area (Å²) in [5, 5.41) is 0.812. The molecule has 0 saturated carbocycles. The summed E-state index contributed by atoms with van der Waals surface area (Å²) in [6.07, 6.45) is 1.08. The maximum Gasteiger partial charge on any atom is 0.116 e. The summed E-state index contributed by atoms with van der Waals surface area (Å²) in [5.74, 6) is 0. The Kier molecular flexibility index (Phi) is 4.17. The van der Waals surface area contributed by atoms with Gasteiger partial charge < -0.3 is 4.98 Å². The number of benzene rings is 1. The summed E-state index contributed by atoms with van der Waals surface area (Å²) in [4.78, 5) is 3.59. The highest BCUT2D eigenvalue weighted by atomic mass is 35.5. The summed E-state index contributed by atoms with van der Waals surface area (Å²) in [6.45, 7) is 8.01. The fourth-order valence-electron chi connectivity index (χ4n) is 1.23. The lowest BCUT2D eigenvalue weighted by Gasteiger charge is -2.17. The molecule has 0 radical (unpaired) electrons. The van der Waals surface area contributed by atoms with Gasteiger partial charge in [0.2, 0.25) is 0 Å². The SMILES string of the molecule is C[Si](C)(C)NCCc1ccc(Cl)cc1. The molecular formula is C11H18ClNSi. The lowest BCUT2D eigenvalue weighted by atomic mass is 10.2. The topological polar surface area (TPSA) is 12.0 Å². The van der Waals surface area contributed by atoms with Crippen LogP contribution in [0.15, 0.2) is 24.3 Å². The van der Waals surface area contributed by atoms with Crippen LogP contribution in [-0.4, -0.2) is 14.8 Å². The van der Waals surface area contributed by atoms with Crippen LogP contribution in [0.2, 0.25) is 24.7 Å². The van der Waals surface area contributed by atoms with E-state index in [1.807, 2.05) is 12.1 Å². The molecule has 1 aromatic rings. The van der Waals surface area contributed by atoms with Crippen LogP contribution in [0.25, 0.3) is 0 Å². The molecule has 14 heavy (non-hydrogen) atoms. The van der Waals surface area contributed by atoms with Gasteiger partial charge >= 0.3 is 0 Å². The second-order valence-corrected chi connectivity index (χ2v) is 9.84. The highest BCUT2D eigenvalue weighted by Gasteiger charge is 2.10. The first-order valence-electron chi connectivity index (χ1n) is 4.97. The van der Waals surface area contributed by atoms with Gasteiger partial charge in [-0.15, -0.1) is 0 Å². The summed E-state index contributed by atoms with van der Waals surface area (Å²) in [6, 6.07) is 8.08. The lowest BCUT2D eigenvalue weighted by molar-refractivity contribution is 0.867. The van der Waals surface area contributed by atoms with E-state index in [9.17, 15) is 0 Å². The third-order valence-electron chi connectivity index (χ3n) is 1.98. The van der Waals surface area contributed by atoms with E-state index in [0.29, 0.717) is 0 Å². The Morgan fingerprint density at radius 1 is 1.14 bits per heavy atom. The van der Waals surface area contributed by atoms with Gasteiger partial charge in [-0.25, -0.2) is 0 Å². The predicted octanol–water partition coefficient (Wildman–Crippen LogP) is 3.31. The van der Waals surface area contributed by atoms with Gasteiger partial charge in [0.25, 0.3) is 0 Å². The summed E-state index contributed by atoms with van der Waals surface area (Å²) < 4.78 is 0. The molecule has 1 rings (SSSR count). The molecule has 0 heterocycles. The highest BCUT2D eigenvalue weighted by molar-refractivity contribution is 6.73. The number of halogens is 1. The quantitative estimate of drug-likeness (QED) is 0.779. The van der Waals surface area contributed by atoms with Crippen LogP contribution in [0.4, 0.5) is 0 Å². The molecule has 0 unspecified atom stereocenters. The molecule has 1 aromatic carbocycles. The normalized spacial score (nSPS) is 11.7. The number of hydrogen-bond donors (Lipinski definition) is 1. The molecule has 0 saturated heterocycles. The standard InChI is InChI=1S/C11H18ClNSi/c1-14(2,3)13-9-8-10-4-6-11(12)7-5-10/h4-7,13H,8-9H2,1-3H3. The Morgan fingerprint density at radius 3 is 2.21 bits per heavy atom. The van der Waals surface area contributed by atoms with E-state index in [1.54, 1.807) is 0 Å². The zero-order chi connectivity index (χ0) is 10.6. The van der Waals surface area contributed by atoms with Gasteiger partial charge in [0.1, 0.15) is 8.24 Å². The van der Waals surface area contributed by atoms with Crippen molar-refractivity contribution in [3.63, 3.8) is 0 Å². The van der Waals surface area contributed by atoms with E-state index in [2.05, 4.69) is 36.8 Å². The van der Waals surface area contributed by atoms with Crippen molar-refractivity contribution in [2.75, 3.05) is 6.54 Å². The second kappa shape index (κ2) is 4.96. The molecule has 0 bridgehead atoms. The number of rotatable bonds is 4. The summed E-state index contributed by atoms with van der Waals surface area (Å²) >= 11 is 5.81. The first-order chi connectivity index (χ1) is 6.47. The Bertz CT molecular complexity index is 276. The number of nitrogens with one attached hydrogen (secondary N) is 1. The van der Waals surface area contributed by atoms with Crippen molar-refractivity contribution in [3.05, 3.63) is 34.9 Å². The Morgan fingerprint density at radius 2 is 1.71 bits per heavy atom. The molecule has 0 amide bonds. The molecule has 1 N–H and O–H groups in total. The zero-order valence-corrected chi connectivity index (χ0v) is 10.9. The molecule has 0 aliphatic heterocycles. The zero-order valence-electron chi connectivity index (χ0n) is 9.10. The second-order valence-electron chi connectivity index (χ2n) is 4.55. The van der Waals surface area contributed by atoms with Gasteiger partial charge in [-0.2, -0.15) is 0 Å². The molecule has 0 aliphatic carbocycles. The van der Waals surface area contributed by atoms with Crippen LogP contribution >= 0.6 is 11.6 Å². The molecule has 1 nitrogen and oxygen atoms in total. The average Bonchev–Trinajstić information content (AvgIpc) is 2.06. The lowest BCUT2D eigenvalue weighted by Crippen LogP contribution is -2.42. The minimum absolute atomic E-state index is 0.812. The molecule has 0 atom stereocenters. The van der Waals surface area contributed by atoms with Crippen molar-refractivity contribution >= 4 is 19.8 Å². The van der Waals surface area contributed by atoms with Gasteiger partial charge in [-0.05, 0) is 30.7 Å². The van der Waals surface area contributed by atoms with Crippen molar-refractivity contribution < 1.29 is 0 Å². The van der Waals surface area contributed by atoms with Gasteiger partial charge in [-0.1, -0.05) is 43.4 Å². The van der Waals surface area contributed by atoms with E-state index < -0.39 is 8.24 Å². The molecule has 3 heteroatoms. The van der Waals surface area contributed by atoms with Crippen LogP contribution in [0.3, 0.4) is 0 Å². The predicted molar refractivity (Wildman–Crippen MR) is 66.5 cm³/mol. The minimum atomic E-state index is -1.10. The molecule has 0 aliphatic rings. The first-order valence-corrected chi connectivity index (χ1v) is 8.85. The maximum atomic E-state index is 5.81. The fraction of sp³-hybridized carbons (Fsp3) is 0.455. The van der Waals surface area contributed by atoms with E-state index in [-0.39, 0.29) is 0 Å². The third kappa shape index (κ3) is 4.79. The number of hydrogen-bond acceptors (Lipinski definition) is 1. The van der Waals surface area contributed by atoms with Gasteiger partial charge in [-0.3, -0.25) is 0 Å². The van der Waals surface area contributed by atoms with E-state index in [1.165, 1.54) is 5.56 Å². The molecule has 0 fully saturated rings. The average molecular weight is 228 g/mol. The van der Waals surface area contributed by atoms with Crippen LogP contribution in [0.1, 0.15) is 5.56 Å². The van der Waals surface area contributed by atoms with E-state index >= 15 is 0 Å². The summed E-state index contributed by atoms with van der Waals surface area (Å²) in [7, 11) is -1.10. The van der Waals surface area contributed by atoms with Gasteiger partial charge in [0, 0.05) is 5.02 Å². The Balaban J connectivity index is 2.35. The van der Waals surface area contributed by atoms with Gasteiger partial charge in [0.15, 0.2) is 0 Å². The summed E-state index contributed by atoms with van der Waals surface area (Å²) in [5.41, 5.74) is 1.35. The highest BCUT2D eigenvalue weighted by Crippen LogP contribution is 2.09. The van der Waals surface area contributed by atoms with Crippen molar-refractivity contribution in [3.8, 4) is 0 Å². The largest absolute Gasteiger partial charge is 0.337 e.